The van der Waals surface area contributed by atoms with Crippen molar-refractivity contribution in [3.05, 3.63) is 46.7 Å². The second-order valence-corrected chi connectivity index (χ2v) is 5.42. The van der Waals surface area contributed by atoms with Crippen LogP contribution in [-0.2, 0) is 6.54 Å². The van der Waals surface area contributed by atoms with Crippen LogP contribution in [0.5, 0.6) is 11.8 Å². The molecule has 0 radical (unpaired) electrons. The van der Waals surface area contributed by atoms with E-state index in [1.165, 1.54) is 12.8 Å². The van der Waals surface area contributed by atoms with Crippen LogP contribution in [0, 0.1) is 0 Å². The Hall–Kier alpha value is -1.46. The Morgan fingerprint density at radius 2 is 1.95 bits per heavy atom. The molecule has 1 saturated carbocycles. The zero-order chi connectivity index (χ0) is 13.1. The van der Waals surface area contributed by atoms with Gasteiger partial charge in [0.25, 0.3) is 0 Å². The van der Waals surface area contributed by atoms with E-state index in [1.807, 2.05) is 24.3 Å². The van der Waals surface area contributed by atoms with Crippen LogP contribution >= 0.6 is 15.9 Å². The highest BCUT2D eigenvalue weighted by atomic mass is 79.9. The van der Waals surface area contributed by atoms with Gasteiger partial charge in [-0.3, -0.25) is 0 Å². The van der Waals surface area contributed by atoms with Gasteiger partial charge in [-0.15, -0.1) is 0 Å². The predicted molar refractivity (Wildman–Crippen MR) is 76.1 cm³/mol. The Morgan fingerprint density at radius 1 is 1.21 bits per heavy atom. The molecule has 98 valence electrons. The van der Waals surface area contributed by atoms with Crippen LogP contribution in [0.4, 0.5) is 0 Å². The molecule has 1 aliphatic rings. The van der Waals surface area contributed by atoms with E-state index in [-0.39, 0.29) is 0 Å². The van der Waals surface area contributed by atoms with Crippen LogP contribution in [0.1, 0.15) is 18.4 Å². The van der Waals surface area contributed by atoms with Crippen molar-refractivity contribution in [2.45, 2.75) is 25.4 Å². The monoisotopic (exact) mass is 319 g/mol. The standard InChI is InChI=1S/C14H14BrN3O/c15-12-3-1-2-4-13(12)19-14-17-8-10(9-18-14)7-16-11-5-6-11/h1-4,8-9,11,16H,5-7H2. The Balaban J connectivity index is 1.63. The summed E-state index contributed by atoms with van der Waals surface area (Å²) in [4.78, 5) is 8.44. The number of ether oxygens (including phenoxy) is 1. The summed E-state index contributed by atoms with van der Waals surface area (Å²) < 4.78 is 6.50. The van der Waals surface area contributed by atoms with Crippen molar-refractivity contribution in [3.8, 4) is 11.8 Å². The first-order chi connectivity index (χ1) is 9.31. The van der Waals surface area contributed by atoms with Crippen LogP contribution in [0.3, 0.4) is 0 Å². The molecular weight excluding hydrogens is 306 g/mol. The van der Waals surface area contributed by atoms with Crippen molar-refractivity contribution in [3.63, 3.8) is 0 Å². The third-order valence-corrected chi connectivity index (χ3v) is 3.55. The average molecular weight is 320 g/mol. The number of rotatable bonds is 5. The molecule has 3 rings (SSSR count). The van der Waals surface area contributed by atoms with Crippen LogP contribution < -0.4 is 10.1 Å². The van der Waals surface area contributed by atoms with Gasteiger partial charge in [0.15, 0.2) is 0 Å². The summed E-state index contributed by atoms with van der Waals surface area (Å²) in [5, 5.41) is 3.42. The number of para-hydroxylation sites is 1. The molecule has 1 fully saturated rings. The van der Waals surface area contributed by atoms with E-state index in [4.69, 9.17) is 4.74 Å². The van der Waals surface area contributed by atoms with Crippen molar-refractivity contribution >= 4 is 15.9 Å². The molecule has 1 aromatic carbocycles. The fourth-order valence-corrected chi connectivity index (χ4v) is 2.03. The molecule has 0 amide bonds. The number of aromatic nitrogens is 2. The van der Waals surface area contributed by atoms with E-state index in [0.29, 0.717) is 17.8 Å². The zero-order valence-electron chi connectivity index (χ0n) is 10.3. The lowest BCUT2D eigenvalue weighted by atomic mass is 10.3. The van der Waals surface area contributed by atoms with Crippen LogP contribution in [0.2, 0.25) is 0 Å². The lowest BCUT2D eigenvalue weighted by molar-refractivity contribution is 0.438. The molecule has 0 aliphatic heterocycles. The molecule has 0 saturated heterocycles. The normalized spacial score (nSPS) is 14.4. The number of nitrogens with one attached hydrogen (secondary N) is 1. The minimum atomic E-state index is 0.363. The summed E-state index contributed by atoms with van der Waals surface area (Å²) in [6.07, 6.45) is 6.16. The zero-order valence-corrected chi connectivity index (χ0v) is 11.9. The van der Waals surface area contributed by atoms with Gasteiger partial charge in [-0.2, -0.15) is 0 Å². The molecule has 2 aromatic rings. The van der Waals surface area contributed by atoms with Gasteiger partial charge in [-0.1, -0.05) is 12.1 Å². The molecule has 1 N–H and O–H groups in total. The number of hydrogen-bond acceptors (Lipinski definition) is 4. The molecule has 1 heterocycles. The lowest BCUT2D eigenvalue weighted by Gasteiger charge is -2.06. The molecule has 19 heavy (non-hydrogen) atoms. The van der Waals surface area contributed by atoms with Crippen LogP contribution in [0.25, 0.3) is 0 Å². The fraction of sp³-hybridized carbons (Fsp3) is 0.286. The SMILES string of the molecule is Brc1ccccc1Oc1ncc(CNC2CC2)cn1. The second kappa shape index (κ2) is 5.67. The molecule has 0 spiro atoms. The highest BCUT2D eigenvalue weighted by Gasteiger charge is 2.19. The van der Waals surface area contributed by atoms with Crippen LogP contribution in [0.15, 0.2) is 41.1 Å². The molecule has 1 aromatic heterocycles. The number of nitrogens with zero attached hydrogens (tertiary/aromatic N) is 2. The fourth-order valence-electron chi connectivity index (χ4n) is 1.66. The Bertz CT molecular complexity index is 555. The van der Waals surface area contributed by atoms with Gasteiger partial charge in [-0.05, 0) is 40.9 Å². The molecular formula is C14H14BrN3O. The van der Waals surface area contributed by atoms with Crippen molar-refractivity contribution in [2.75, 3.05) is 0 Å². The average Bonchev–Trinajstić information content (AvgIpc) is 3.25. The maximum Gasteiger partial charge on any atom is 0.321 e. The van der Waals surface area contributed by atoms with E-state index >= 15 is 0 Å². The summed E-state index contributed by atoms with van der Waals surface area (Å²) in [6.45, 7) is 0.819. The van der Waals surface area contributed by atoms with E-state index in [1.54, 1.807) is 12.4 Å². The molecule has 1 aliphatic carbocycles. The van der Waals surface area contributed by atoms with Crippen molar-refractivity contribution in [1.29, 1.82) is 0 Å². The topological polar surface area (TPSA) is 47.0 Å². The van der Waals surface area contributed by atoms with Crippen molar-refractivity contribution in [1.82, 2.24) is 15.3 Å². The van der Waals surface area contributed by atoms with Gasteiger partial charge >= 0.3 is 6.01 Å². The predicted octanol–water partition coefficient (Wildman–Crippen LogP) is 3.28. The summed E-state index contributed by atoms with van der Waals surface area (Å²) in [6, 6.07) is 8.69. The highest BCUT2D eigenvalue weighted by Crippen LogP contribution is 2.27. The van der Waals surface area contributed by atoms with Gasteiger partial charge in [-0.25, -0.2) is 9.97 Å². The summed E-state index contributed by atoms with van der Waals surface area (Å²) in [5.74, 6) is 0.714. The summed E-state index contributed by atoms with van der Waals surface area (Å²) >= 11 is 3.43. The van der Waals surface area contributed by atoms with Gasteiger partial charge in [0.05, 0.1) is 4.47 Å². The Morgan fingerprint density at radius 3 is 2.63 bits per heavy atom. The Labute approximate surface area is 120 Å². The van der Waals surface area contributed by atoms with E-state index < -0.39 is 0 Å². The summed E-state index contributed by atoms with van der Waals surface area (Å²) in [7, 11) is 0. The van der Waals surface area contributed by atoms with Gasteiger partial charge in [0, 0.05) is 30.5 Å². The lowest BCUT2D eigenvalue weighted by Crippen LogP contribution is -2.15. The highest BCUT2D eigenvalue weighted by molar-refractivity contribution is 9.10. The largest absolute Gasteiger partial charge is 0.423 e. The minimum absolute atomic E-state index is 0.363. The smallest absolute Gasteiger partial charge is 0.321 e. The Kier molecular flexibility index (Phi) is 3.75. The first kappa shape index (κ1) is 12.6. The van der Waals surface area contributed by atoms with E-state index in [2.05, 4.69) is 31.2 Å². The van der Waals surface area contributed by atoms with Crippen molar-refractivity contribution < 1.29 is 4.74 Å². The maximum atomic E-state index is 5.61. The van der Waals surface area contributed by atoms with Crippen molar-refractivity contribution in [2.24, 2.45) is 0 Å². The van der Waals surface area contributed by atoms with Gasteiger partial charge in [0.1, 0.15) is 5.75 Å². The molecule has 4 nitrogen and oxygen atoms in total. The summed E-state index contributed by atoms with van der Waals surface area (Å²) in [5.41, 5.74) is 1.08. The van der Waals surface area contributed by atoms with E-state index in [9.17, 15) is 0 Å². The number of benzene rings is 1. The molecule has 0 unspecified atom stereocenters. The molecule has 0 bridgehead atoms. The van der Waals surface area contributed by atoms with E-state index in [0.717, 1.165) is 16.6 Å². The van der Waals surface area contributed by atoms with Gasteiger partial charge in [0.2, 0.25) is 0 Å². The number of halogens is 1. The van der Waals surface area contributed by atoms with Gasteiger partial charge < -0.3 is 10.1 Å². The first-order valence-electron chi connectivity index (χ1n) is 6.28. The quantitative estimate of drug-likeness (QED) is 0.918. The maximum absolute atomic E-state index is 5.61. The number of hydrogen-bond donors (Lipinski definition) is 1. The third-order valence-electron chi connectivity index (χ3n) is 2.89. The molecule has 0 atom stereocenters. The first-order valence-corrected chi connectivity index (χ1v) is 7.07. The second-order valence-electron chi connectivity index (χ2n) is 4.56. The molecule has 5 heteroatoms. The third kappa shape index (κ3) is 3.52. The minimum Gasteiger partial charge on any atom is -0.423 e. The van der Waals surface area contributed by atoms with Crippen LogP contribution in [-0.4, -0.2) is 16.0 Å².